The van der Waals surface area contributed by atoms with Crippen LogP contribution in [0.5, 0.6) is 5.75 Å². The first-order chi connectivity index (χ1) is 13.0. The number of carbonyl (C=O) groups is 1. The number of amides is 1. The fourth-order valence-corrected chi connectivity index (χ4v) is 2.97. The van der Waals surface area contributed by atoms with Gasteiger partial charge in [-0.3, -0.25) is 4.79 Å². The third-order valence-corrected chi connectivity index (χ3v) is 5.05. The number of ether oxygens (including phenoxy) is 1. The van der Waals surface area contributed by atoms with Crippen molar-refractivity contribution in [3.63, 3.8) is 0 Å². The zero-order chi connectivity index (χ0) is 19.2. The van der Waals surface area contributed by atoms with Gasteiger partial charge in [0, 0.05) is 43.9 Å². The SMILES string of the molecule is Cc1cc(OCC(=O)NCc2ccc(N3CCN(C)CC3)nc2)ccc1Cl. The number of rotatable bonds is 6. The zero-order valence-electron chi connectivity index (χ0n) is 15.7. The van der Waals surface area contributed by atoms with E-state index in [0.717, 1.165) is 43.1 Å². The van der Waals surface area contributed by atoms with Gasteiger partial charge in [0.05, 0.1) is 0 Å². The van der Waals surface area contributed by atoms with Gasteiger partial charge in [-0.2, -0.15) is 0 Å². The van der Waals surface area contributed by atoms with Crippen molar-refractivity contribution < 1.29 is 9.53 Å². The van der Waals surface area contributed by atoms with Gasteiger partial charge in [0.2, 0.25) is 0 Å². The summed E-state index contributed by atoms with van der Waals surface area (Å²) in [7, 11) is 2.13. The summed E-state index contributed by atoms with van der Waals surface area (Å²) in [6, 6.07) is 9.35. The van der Waals surface area contributed by atoms with Crippen molar-refractivity contribution in [3.8, 4) is 5.75 Å². The molecular formula is C20H25ClN4O2. The first-order valence-electron chi connectivity index (χ1n) is 9.05. The average Bonchev–Trinajstić information content (AvgIpc) is 2.68. The number of benzene rings is 1. The number of halogens is 1. The molecule has 1 N–H and O–H groups in total. The first kappa shape index (κ1) is 19.5. The van der Waals surface area contributed by atoms with Crippen LogP contribution in [0.2, 0.25) is 5.02 Å². The van der Waals surface area contributed by atoms with Gasteiger partial charge in [0.1, 0.15) is 11.6 Å². The number of nitrogens with one attached hydrogen (secondary N) is 1. The van der Waals surface area contributed by atoms with Crippen molar-refractivity contribution in [2.75, 3.05) is 44.7 Å². The highest BCUT2D eigenvalue weighted by Crippen LogP contribution is 2.21. The van der Waals surface area contributed by atoms with Crippen LogP contribution >= 0.6 is 11.6 Å². The number of likely N-dealkylation sites (N-methyl/N-ethyl adjacent to an activating group) is 1. The van der Waals surface area contributed by atoms with Crippen molar-refractivity contribution in [2.24, 2.45) is 0 Å². The highest BCUT2D eigenvalue weighted by atomic mass is 35.5. The number of pyridine rings is 1. The van der Waals surface area contributed by atoms with Crippen molar-refractivity contribution in [1.29, 1.82) is 0 Å². The minimum absolute atomic E-state index is 0.0338. The monoisotopic (exact) mass is 388 g/mol. The molecule has 0 aliphatic carbocycles. The molecule has 3 rings (SSSR count). The van der Waals surface area contributed by atoms with Crippen LogP contribution in [0.4, 0.5) is 5.82 Å². The van der Waals surface area contributed by atoms with E-state index in [0.29, 0.717) is 17.3 Å². The molecule has 0 saturated carbocycles. The molecule has 2 heterocycles. The molecule has 27 heavy (non-hydrogen) atoms. The van der Waals surface area contributed by atoms with Crippen LogP contribution in [0.25, 0.3) is 0 Å². The summed E-state index contributed by atoms with van der Waals surface area (Å²) in [6.07, 6.45) is 1.82. The van der Waals surface area contributed by atoms with E-state index in [1.54, 1.807) is 12.1 Å². The molecule has 1 aliphatic heterocycles. The number of anilines is 1. The highest BCUT2D eigenvalue weighted by Gasteiger charge is 2.15. The van der Waals surface area contributed by atoms with Crippen LogP contribution < -0.4 is 15.0 Å². The molecule has 2 aromatic rings. The Morgan fingerprint density at radius 3 is 2.67 bits per heavy atom. The number of aromatic nitrogens is 1. The summed E-state index contributed by atoms with van der Waals surface area (Å²) in [5.74, 6) is 1.44. The quantitative estimate of drug-likeness (QED) is 0.823. The molecule has 144 valence electrons. The van der Waals surface area contributed by atoms with E-state index in [4.69, 9.17) is 16.3 Å². The molecule has 0 spiro atoms. The fraction of sp³-hybridized carbons (Fsp3) is 0.400. The Balaban J connectivity index is 1.43. The van der Waals surface area contributed by atoms with Crippen LogP contribution in [0.1, 0.15) is 11.1 Å². The van der Waals surface area contributed by atoms with Crippen LogP contribution in [0, 0.1) is 6.92 Å². The van der Waals surface area contributed by atoms with Crippen molar-refractivity contribution in [3.05, 3.63) is 52.7 Å². The van der Waals surface area contributed by atoms with Gasteiger partial charge in [-0.1, -0.05) is 17.7 Å². The highest BCUT2D eigenvalue weighted by molar-refractivity contribution is 6.31. The van der Waals surface area contributed by atoms with E-state index in [-0.39, 0.29) is 12.5 Å². The molecule has 0 unspecified atom stereocenters. The predicted molar refractivity (Wildman–Crippen MR) is 107 cm³/mol. The normalized spacial score (nSPS) is 14.9. The Hall–Kier alpha value is -2.31. The molecule has 6 nitrogen and oxygen atoms in total. The maximum absolute atomic E-state index is 12.0. The van der Waals surface area contributed by atoms with E-state index in [2.05, 4.69) is 27.1 Å². The average molecular weight is 389 g/mol. The number of hydrogen-bond donors (Lipinski definition) is 1. The lowest BCUT2D eigenvalue weighted by Crippen LogP contribution is -2.44. The summed E-state index contributed by atoms with van der Waals surface area (Å²) >= 11 is 5.98. The van der Waals surface area contributed by atoms with Crippen molar-refractivity contribution in [1.82, 2.24) is 15.2 Å². The second-order valence-corrected chi connectivity index (χ2v) is 7.20. The summed E-state index contributed by atoms with van der Waals surface area (Å²) in [6.45, 7) is 6.36. The molecule has 1 aliphatic rings. The number of hydrogen-bond acceptors (Lipinski definition) is 5. The molecule has 1 amide bonds. The molecule has 0 bridgehead atoms. The molecule has 0 radical (unpaired) electrons. The predicted octanol–water partition coefficient (Wildman–Crippen LogP) is 2.49. The minimum Gasteiger partial charge on any atom is -0.484 e. The van der Waals surface area contributed by atoms with Gasteiger partial charge < -0.3 is 19.9 Å². The molecule has 1 saturated heterocycles. The van der Waals surface area contributed by atoms with E-state index in [9.17, 15) is 4.79 Å². The maximum atomic E-state index is 12.0. The van der Waals surface area contributed by atoms with Gasteiger partial charge >= 0.3 is 0 Å². The first-order valence-corrected chi connectivity index (χ1v) is 9.43. The Labute approximate surface area is 165 Å². The van der Waals surface area contributed by atoms with Gasteiger partial charge in [-0.05, 0) is 49.4 Å². The van der Waals surface area contributed by atoms with E-state index < -0.39 is 0 Å². The lowest BCUT2D eigenvalue weighted by Gasteiger charge is -2.33. The summed E-state index contributed by atoms with van der Waals surface area (Å²) in [5.41, 5.74) is 1.88. The van der Waals surface area contributed by atoms with Crippen LogP contribution in [-0.4, -0.2) is 55.6 Å². The molecular weight excluding hydrogens is 364 g/mol. The van der Waals surface area contributed by atoms with Crippen LogP contribution in [-0.2, 0) is 11.3 Å². The van der Waals surface area contributed by atoms with E-state index in [1.807, 2.05) is 31.3 Å². The second-order valence-electron chi connectivity index (χ2n) is 6.79. The maximum Gasteiger partial charge on any atom is 0.258 e. The summed E-state index contributed by atoms with van der Waals surface area (Å²) in [4.78, 5) is 21.1. The number of piperazine rings is 1. The molecule has 0 atom stereocenters. The lowest BCUT2D eigenvalue weighted by molar-refractivity contribution is -0.123. The third kappa shape index (κ3) is 5.58. The third-order valence-electron chi connectivity index (χ3n) is 4.63. The minimum atomic E-state index is -0.175. The van der Waals surface area contributed by atoms with Crippen molar-refractivity contribution >= 4 is 23.3 Å². The topological polar surface area (TPSA) is 57.7 Å². The van der Waals surface area contributed by atoms with Crippen molar-refractivity contribution in [2.45, 2.75) is 13.5 Å². The standard InChI is InChI=1S/C20H25ClN4O2/c1-15-11-17(4-5-18(15)21)27-14-20(26)23-13-16-3-6-19(22-12-16)25-9-7-24(2)8-10-25/h3-6,11-12H,7-10,13-14H2,1-2H3,(H,23,26). The fourth-order valence-electron chi connectivity index (χ4n) is 2.85. The largest absolute Gasteiger partial charge is 0.484 e. The number of nitrogens with zero attached hydrogens (tertiary/aromatic N) is 3. The Kier molecular flexibility index (Phi) is 6.53. The smallest absolute Gasteiger partial charge is 0.258 e. The van der Waals surface area contributed by atoms with Gasteiger partial charge in [0.25, 0.3) is 5.91 Å². The number of carbonyl (C=O) groups excluding carboxylic acids is 1. The zero-order valence-corrected chi connectivity index (χ0v) is 16.5. The summed E-state index contributed by atoms with van der Waals surface area (Å²) in [5, 5.41) is 3.53. The van der Waals surface area contributed by atoms with E-state index in [1.165, 1.54) is 0 Å². The van der Waals surface area contributed by atoms with Gasteiger partial charge in [0.15, 0.2) is 6.61 Å². The number of aryl methyl sites for hydroxylation is 1. The molecule has 7 heteroatoms. The Bertz CT molecular complexity index is 774. The van der Waals surface area contributed by atoms with Gasteiger partial charge in [-0.15, -0.1) is 0 Å². The molecule has 1 aromatic carbocycles. The van der Waals surface area contributed by atoms with Gasteiger partial charge in [-0.25, -0.2) is 4.98 Å². The second kappa shape index (κ2) is 9.06. The lowest BCUT2D eigenvalue weighted by atomic mass is 10.2. The van der Waals surface area contributed by atoms with Crippen LogP contribution in [0.3, 0.4) is 0 Å². The van der Waals surface area contributed by atoms with Crippen LogP contribution in [0.15, 0.2) is 36.5 Å². The molecule has 1 fully saturated rings. The molecule has 1 aromatic heterocycles. The Morgan fingerprint density at radius 2 is 2.00 bits per heavy atom. The Morgan fingerprint density at radius 1 is 1.22 bits per heavy atom. The summed E-state index contributed by atoms with van der Waals surface area (Å²) < 4.78 is 5.50. The van der Waals surface area contributed by atoms with E-state index >= 15 is 0 Å².